The number of hydrogen-bond donors (Lipinski definition) is 1. The molecule has 3 aromatic rings. The number of amides is 1. The normalized spacial score (nSPS) is 10.6. The molecule has 25 heavy (non-hydrogen) atoms. The SMILES string of the molecule is O=C(CCSc1ccccc1)Nc1nnc(CSc2ccccc2)s1. The van der Waals surface area contributed by atoms with Crippen molar-refractivity contribution in [3.63, 3.8) is 0 Å². The Balaban J connectivity index is 1.40. The Hall–Kier alpha value is -1.83. The quantitative estimate of drug-likeness (QED) is 0.554. The maximum atomic E-state index is 12.0. The first kappa shape index (κ1) is 18.0. The van der Waals surface area contributed by atoms with Gasteiger partial charge in [-0.15, -0.1) is 33.7 Å². The predicted molar refractivity (Wildman–Crippen MR) is 106 cm³/mol. The summed E-state index contributed by atoms with van der Waals surface area (Å²) in [5.74, 6) is 1.47. The van der Waals surface area contributed by atoms with Crippen molar-refractivity contribution >= 4 is 45.9 Å². The van der Waals surface area contributed by atoms with E-state index in [0.29, 0.717) is 11.6 Å². The monoisotopic (exact) mass is 387 g/mol. The third-order valence-electron chi connectivity index (χ3n) is 3.16. The van der Waals surface area contributed by atoms with E-state index in [1.165, 1.54) is 21.1 Å². The van der Waals surface area contributed by atoms with Crippen molar-refractivity contribution in [2.24, 2.45) is 0 Å². The molecule has 2 aromatic carbocycles. The first-order valence-electron chi connectivity index (χ1n) is 7.77. The molecule has 0 aliphatic heterocycles. The minimum Gasteiger partial charge on any atom is -0.301 e. The lowest BCUT2D eigenvalue weighted by Gasteiger charge is -2.01. The Morgan fingerprint density at radius 3 is 2.24 bits per heavy atom. The van der Waals surface area contributed by atoms with Gasteiger partial charge >= 0.3 is 0 Å². The average molecular weight is 388 g/mol. The van der Waals surface area contributed by atoms with Gasteiger partial charge in [-0.1, -0.05) is 47.7 Å². The van der Waals surface area contributed by atoms with Gasteiger partial charge in [0.1, 0.15) is 5.01 Å². The van der Waals surface area contributed by atoms with Gasteiger partial charge in [-0.05, 0) is 24.3 Å². The smallest absolute Gasteiger partial charge is 0.227 e. The number of nitrogens with one attached hydrogen (secondary N) is 1. The van der Waals surface area contributed by atoms with E-state index in [1.54, 1.807) is 23.5 Å². The zero-order valence-corrected chi connectivity index (χ0v) is 15.9. The number of rotatable bonds is 8. The zero-order valence-electron chi connectivity index (χ0n) is 13.4. The highest BCUT2D eigenvalue weighted by Gasteiger charge is 2.09. The first-order valence-corrected chi connectivity index (χ1v) is 10.6. The van der Waals surface area contributed by atoms with E-state index in [9.17, 15) is 4.79 Å². The molecule has 7 heteroatoms. The van der Waals surface area contributed by atoms with Gasteiger partial charge in [-0.2, -0.15) is 0 Å². The number of benzene rings is 2. The maximum Gasteiger partial charge on any atom is 0.227 e. The number of hydrogen-bond acceptors (Lipinski definition) is 6. The molecule has 0 saturated carbocycles. The second-order valence-electron chi connectivity index (χ2n) is 5.06. The lowest BCUT2D eigenvalue weighted by Crippen LogP contribution is -2.11. The van der Waals surface area contributed by atoms with Crippen LogP contribution in [0.3, 0.4) is 0 Å². The van der Waals surface area contributed by atoms with Crippen molar-refractivity contribution in [3.8, 4) is 0 Å². The highest BCUT2D eigenvalue weighted by molar-refractivity contribution is 7.99. The van der Waals surface area contributed by atoms with Crippen molar-refractivity contribution in [1.29, 1.82) is 0 Å². The van der Waals surface area contributed by atoms with Gasteiger partial charge in [0.05, 0.1) is 5.75 Å². The average Bonchev–Trinajstić information content (AvgIpc) is 3.09. The molecule has 0 radical (unpaired) electrons. The molecule has 1 aromatic heterocycles. The standard InChI is InChI=1S/C18H17N3OS3/c22-16(11-12-23-14-7-3-1-4-8-14)19-18-21-20-17(25-18)13-24-15-9-5-2-6-10-15/h1-10H,11-13H2,(H,19,21,22). The molecule has 1 heterocycles. The number of carbonyl (C=O) groups excluding carboxylic acids is 1. The summed E-state index contributed by atoms with van der Waals surface area (Å²) < 4.78 is 0. The Kier molecular flexibility index (Phi) is 6.90. The molecule has 0 saturated heterocycles. The minimum atomic E-state index is -0.0261. The van der Waals surface area contributed by atoms with E-state index >= 15 is 0 Å². The lowest BCUT2D eigenvalue weighted by molar-refractivity contribution is -0.115. The van der Waals surface area contributed by atoms with Crippen LogP contribution in [0.15, 0.2) is 70.5 Å². The summed E-state index contributed by atoms with van der Waals surface area (Å²) in [5.41, 5.74) is 0. The van der Waals surface area contributed by atoms with Gasteiger partial charge in [-0.25, -0.2) is 0 Å². The number of nitrogens with zero attached hydrogens (tertiary/aromatic N) is 2. The Morgan fingerprint density at radius 2 is 1.56 bits per heavy atom. The van der Waals surface area contributed by atoms with Gasteiger partial charge in [0.2, 0.25) is 11.0 Å². The van der Waals surface area contributed by atoms with E-state index in [0.717, 1.165) is 16.5 Å². The van der Waals surface area contributed by atoms with Crippen molar-refractivity contribution in [1.82, 2.24) is 10.2 Å². The predicted octanol–water partition coefficient (Wildman–Crippen LogP) is 4.95. The largest absolute Gasteiger partial charge is 0.301 e. The minimum absolute atomic E-state index is 0.0261. The van der Waals surface area contributed by atoms with Crippen LogP contribution in [0.25, 0.3) is 0 Å². The van der Waals surface area contributed by atoms with E-state index in [2.05, 4.69) is 27.6 Å². The van der Waals surface area contributed by atoms with E-state index in [1.807, 2.05) is 48.5 Å². The van der Waals surface area contributed by atoms with Crippen molar-refractivity contribution in [2.75, 3.05) is 11.1 Å². The molecule has 1 N–H and O–H groups in total. The summed E-state index contributed by atoms with van der Waals surface area (Å²) in [5, 5.41) is 12.5. The summed E-state index contributed by atoms with van der Waals surface area (Å²) in [7, 11) is 0. The topological polar surface area (TPSA) is 54.9 Å². The summed E-state index contributed by atoms with van der Waals surface area (Å²) in [6, 6.07) is 20.2. The van der Waals surface area contributed by atoms with Gasteiger partial charge < -0.3 is 5.32 Å². The van der Waals surface area contributed by atoms with Gasteiger partial charge in [-0.3, -0.25) is 4.79 Å². The number of thioether (sulfide) groups is 2. The van der Waals surface area contributed by atoms with Crippen LogP contribution in [0.4, 0.5) is 5.13 Å². The molecule has 0 bridgehead atoms. The van der Waals surface area contributed by atoms with Crippen LogP contribution in [0.5, 0.6) is 0 Å². The Morgan fingerprint density at radius 1 is 0.920 bits per heavy atom. The molecular weight excluding hydrogens is 370 g/mol. The molecule has 0 spiro atoms. The second kappa shape index (κ2) is 9.60. The Bertz CT molecular complexity index is 794. The van der Waals surface area contributed by atoms with E-state index in [4.69, 9.17) is 0 Å². The summed E-state index contributed by atoms with van der Waals surface area (Å²) in [6.07, 6.45) is 0.452. The molecule has 3 rings (SSSR count). The highest BCUT2D eigenvalue weighted by Crippen LogP contribution is 2.25. The summed E-state index contributed by atoms with van der Waals surface area (Å²) in [6.45, 7) is 0. The van der Waals surface area contributed by atoms with Crippen molar-refractivity contribution in [2.45, 2.75) is 22.0 Å². The number of carbonyl (C=O) groups is 1. The molecule has 0 aliphatic carbocycles. The fourth-order valence-electron chi connectivity index (χ4n) is 1.98. The molecule has 0 unspecified atom stereocenters. The van der Waals surface area contributed by atoms with E-state index in [-0.39, 0.29) is 5.91 Å². The highest BCUT2D eigenvalue weighted by atomic mass is 32.2. The fourth-order valence-corrected chi connectivity index (χ4v) is 4.52. The van der Waals surface area contributed by atoms with Crippen LogP contribution >= 0.6 is 34.9 Å². The molecule has 0 aliphatic rings. The maximum absolute atomic E-state index is 12.0. The lowest BCUT2D eigenvalue weighted by atomic mass is 10.4. The van der Waals surface area contributed by atoms with Gasteiger partial charge in [0.15, 0.2) is 0 Å². The van der Waals surface area contributed by atoms with Gasteiger partial charge in [0, 0.05) is 22.0 Å². The molecule has 128 valence electrons. The van der Waals surface area contributed by atoms with Crippen molar-refractivity contribution in [3.05, 3.63) is 65.7 Å². The first-order chi connectivity index (χ1) is 12.3. The molecule has 0 atom stereocenters. The van der Waals surface area contributed by atoms with Crippen LogP contribution in [0, 0.1) is 0 Å². The summed E-state index contributed by atoms with van der Waals surface area (Å²) in [4.78, 5) is 14.4. The van der Waals surface area contributed by atoms with E-state index < -0.39 is 0 Å². The third kappa shape index (κ3) is 6.19. The molecule has 1 amide bonds. The molecule has 4 nitrogen and oxygen atoms in total. The zero-order chi connectivity index (χ0) is 17.3. The number of aromatic nitrogens is 2. The second-order valence-corrected chi connectivity index (χ2v) is 8.34. The van der Waals surface area contributed by atoms with Crippen LogP contribution < -0.4 is 5.32 Å². The third-order valence-corrected chi connectivity index (χ3v) is 6.22. The molecular formula is C18H17N3OS3. The fraction of sp³-hybridized carbons (Fsp3) is 0.167. The van der Waals surface area contributed by atoms with Crippen LogP contribution in [-0.4, -0.2) is 21.9 Å². The van der Waals surface area contributed by atoms with Crippen LogP contribution in [0.2, 0.25) is 0 Å². The molecule has 0 fully saturated rings. The number of anilines is 1. The van der Waals surface area contributed by atoms with Crippen LogP contribution in [-0.2, 0) is 10.5 Å². The summed E-state index contributed by atoms with van der Waals surface area (Å²) >= 11 is 4.81. The van der Waals surface area contributed by atoms with Crippen molar-refractivity contribution < 1.29 is 4.79 Å². The Labute approximate surface area is 159 Å². The van der Waals surface area contributed by atoms with Crippen LogP contribution in [0.1, 0.15) is 11.4 Å². The van der Waals surface area contributed by atoms with Gasteiger partial charge in [0.25, 0.3) is 0 Å².